The summed E-state index contributed by atoms with van der Waals surface area (Å²) in [5, 5.41) is 5.63. The number of carbonyl (C=O) groups excluding carboxylic acids is 2. The minimum Gasteiger partial charge on any atom is -0.493 e. The smallest absolute Gasteiger partial charge is 0.255 e. The van der Waals surface area contributed by atoms with Crippen molar-refractivity contribution < 1.29 is 19.1 Å². The number of halogens is 1. The molecule has 0 saturated carbocycles. The maximum Gasteiger partial charge on any atom is 0.255 e. The predicted octanol–water partition coefficient (Wildman–Crippen LogP) is 4.97. The number of anilines is 2. The van der Waals surface area contributed by atoms with Crippen LogP contribution in [0.1, 0.15) is 20.7 Å². The van der Waals surface area contributed by atoms with Crippen molar-refractivity contribution in [3.8, 4) is 11.5 Å². The topological polar surface area (TPSA) is 76.7 Å². The highest BCUT2D eigenvalue weighted by molar-refractivity contribution is 9.10. The fraction of sp³-hybridized carbons (Fsp3) is 0.0909. The van der Waals surface area contributed by atoms with Gasteiger partial charge in [0, 0.05) is 27.0 Å². The van der Waals surface area contributed by atoms with Gasteiger partial charge in [0.05, 0.1) is 14.2 Å². The fourth-order valence-corrected chi connectivity index (χ4v) is 2.89. The molecule has 0 aliphatic rings. The van der Waals surface area contributed by atoms with Crippen LogP contribution < -0.4 is 20.1 Å². The van der Waals surface area contributed by atoms with Crippen LogP contribution in [-0.4, -0.2) is 26.0 Å². The average molecular weight is 455 g/mol. The quantitative estimate of drug-likeness (QED) is 0.550. The lowest BCUT2D eigenvalue weighted by Crippen LogP contribution is -2.13. The molecule has 7 heteroatoms. The number of rotatable bonds is 6. The Balaban J connectivity index is 1.65. The largest absolute Gasteiger partial charge is 0.493 e. The number of hydrogen-bond acceptors (Lipinski definition) is 4. The first kappa shape index (κ1) is 20.4. The number of nitrogens with one attached hydrogen (secondary N) is 2. The molecular weight excluding hydrogens is 436 g/mol. The van der Waals surface area contributed by atoms with E-state index in [0.717, 1.165) is 4.47 Å². The summed E-state index contributed by atoms with van der Waals surface area (Å²) in [6.07, 6.45) is 0. The normalized spacial score (nSPS) is 10.2. The van der Waals surface area contributed by atoms with Crippen molar-refractivity contribution >= 4 is 39.1 Å². The van der Waals surface area contributed by atoms with E-state index < -0.39 is 0 Å². The van der Waals surface area contributed by atoms with Crippen LogP contribution in [0.25, 0.3) is 0 Å². The monoisotopic (exact) mass is 454 g/mol. The molecular formula is C22H19BrN2O4. The van der Waals surface area contributed by atoms with Gasteiger partial charge in [-0.1, -0.05) is 15.9 Å². The zero-order valence-corrected chi connectivity index (χ0v) is 17.4. The third-order valence-corrected chi connectivity index (χ3v) is 4.68. The summed E-state index contributed by atoms with van der Waals surface area (Å²) in [7, 11) is 3.05. The van der Waals surface area contributed by atoms with E-state index in [1.54, 1.807) is 54.6 Å². The Hall–Kier alpha value is -3.32. The lowest BCUT2D eigenvalue weighted by Gasteiger charge is -2.11. The maximum absolute atomic E-state index is 12.5. The van der Waals surface area contributed by atoms with Gasteiger partial charge in [0.1, 0.15) is 0 Å². The zero-order chi connectivity index (χ0) is 20.8. The molecule has 0 aliphatic carbocycles. The minimum absolute atomic E-state index is 0.209. The summed E-state index contributed by atoms with van der Waals surface area (Å²) >= 11 is 3.34. The van der Waals surface area contributed by atoms with Gasteiger partial charge in [-0.05, 0) is 66.7 Å². The van der Waals surface area contributed by atoms with Gasteiger partial charge < -0.3 is 20.1 Å². The molecule has 0 radical (unpaired) electrons. The molecule has 0 fully saturated rings. The van der Waals surface area contributed by atoms with Gasteiger partial charge >= 0.3 is 0 Å². The highest BCUT2D eigenvalue weighted by Crippen LogP contribution is 2.28. The SMILES string of the molecule is COc1ccc(C(=O)Nc2ccc(NC(=O)c3ccc(Br)cc3)cc2)cc1OC. The van der Waals surface area contributed by atoms with Gasteiger partial charge in [-0.25, -0.2) is 0 Å². The predicted molar refractivity (Wildman–Crippen MR) is 116 cm³/mol. The molecule has 0 unspecified atom stereocenters. The Kier molecular flexibility index (Phi) is 6.51. The van der Waals surface area contributed by atoms with Crippen LogP contribution in [0.5, 0.6) is 11.5 Å². The Morgan fingerprint density at radius 2 is 1.17 bits per heavy atom. The van der Waals surface area contributed by atoms with E-state index >= 15 is 0 Å². The first-order valence-electron chi connectivity index (χ1n) is 8.70. The van der Waals surface area contributed by atoms with Crippen LogP contribution in [0.4, 0.5) is 11.4 Å². The van der Waals surface area contributed by atoms with Crippen LogP contribution >= 0.6 is 15.9 Å². The Morgan fingerprint density at radius 1 is 0.690 bits per heavy atom. The second kappa shape index (κ2) is 9.25. The van der Waals surface area contributed by atoms with Gasteiger partial charge in [0.25, 0.3) is 11.8 Å². The van der Waals surface area contributed by atoms with Crippen molar-refractivity contribution in [2.45, 2.75) is 0 Å². The highest BCUT2D eigenvalue weighted by Gasteiger charge is 2.11. The number of carbonyl (C=O) groups is 2. The lowest BCUT2D eigenvalue weighted by molar-refractivity contribution is 0.101. The van der Waals surface area contributed by atoms with Gasteiger partial charge in [0.15, 0.2) is 11.5 Å². The van der Waals surface area contributed by atoms with Crippen LogP contribution in [-0.2, 0) is 0 Å². The first-order valence-corrected chi connectivity index (χ1v) is 9.50. The molecule has 2 amide bonds. The van der Waals surface area contributed by atoms with Crippen LogP contribution in [0.2, 0.25) is 0 Å². The first-order chi connectivity index (χ1) is 14.0. The molecule has 29 heavy (non-hydrogen) atoms. The summed E-state index contributed by atoms with van der Waals surface area (Å²) in [5.41, 5.74) is 2.22. The summed E-state index contributed by atoms with van der Waals surface area (Å²) in [4.78, 5) is 24.7. The van der Waals surface area contributed by atoms with Gasteiger partial charge in [-0.2, -0.15) is 0 Å². The highest BCUT2D eigenvalue weighted by atomic mass is 79.9. The van der Waals surface area contributed by atoms with E-state index in [1.807, 2.05) is 12.1 Å². The third-order valence-electron chi connectivity index (χ3n) is 4.15. The molecule has 0 aromatic heterocycles. The maximum atomic E-state index is 12.5. The third kappa shape index (κ3) is 5.14. The number of ether oxygens (including phenoxy) is 2. The number of methoxy groups -OCH3 is 2. The summed E-state index contributed by atoms with van der Waals surface area (Å²) < 4.78 is 11.3. The van der Waals surface area contributed by atoms with E-state index in [1.165, 1.54) is 14.2 Å². The van der Waals surface area contributed by atoms with Gasteiger partial charge in [-0.15, -0.1) is 0 Å². The van der Waals surface area contributed by atoms with E-state index in [0.29, 0.717) is 34.0 Å². The molecule has 0 saturated heterocycles. The Labute approximate surface area is 177 Å². The van der Waals surface area contributed by atoms with E-state index in [4.69, 9.17) is 9.47 Å². The number of amides is 2. The Morgan fingerprint density at radius 3 is 1.69 bits per heavy atom. The molecule has 2 N–H and O–H groups in total. The standard InChI is InChI=1S/C22H19BrN2O4/c1-28-19-12-5-15(13-20(19)29-2)22(27)25-18-10-8-17(9-11-18)24-21(26)14-3-6-16(23)7-4-14/h3-13H,1-2H3,(H,24,26)(H,25,27). The van der Waals surface area contributed by atoms with E-state index in [9.17, 15) is 9.59 Å². The summed E-state index contributed by atoms with van der Waals surface area (Å²) in [5.74, 6) is 0.540. The molecule has 6 nitrogen and oxygen atoms in total. The van der Waals surface area contributed by atoms with Crippen LogP contribution in [0.15, 0.2) is 71.2 Å². The molecule has 3 aromatic rings. The van der Waals surface area contributed by atoms with Crippen molar-refractivity contribution in [2.24, 2.45) is 0 Å². The van der Waals surface area contributed by atoms with E-state index in [2.05, 4.69) is 26.6 Å². The molecule has 148 valence electrons. The van der Waals surface area contributed by atoms with Gasteiger partial charge in [-0.3, -0.25) is 9.59 Å². The second-order valence-corrected chi connectivity index (χ2v) is 6.98. The molecule has 3 rings (SSSR count). The minimum atomic E-state index is -0.280. The van der Waals surface area contributed by atoms with Crippen molar-refractivity contribution in [3.63, 3.8) is 0 Å². The van der Waals surface area contributed by atoms with Crippen molar-refractivity contribution in [1.82, 2.24) is 0 Å². The van der Waals surface area contributed by atoms with E-state index in [-0.39, 0.29) is 11.8 Å². The Bertz CT molecular complexity index is 1020. The molecule has 0 bridgehead atoms. The zero-order valence-electron chi connectivity index (χ0n) is 15.9. The van der Waals surface area contributed by atoms with Crippen LogP contribution in [0.3, 0.4) is 0 Å². The summed E-state index contributed by atoms with van der Waals surface area (Å²) in [6, 6.07) is 18.9. The average Bonchev–Trinajstić information content (AvgIpc) is 2.75. The van der Waals surface area contributed by atoms with Crippen molar-refractivity contribution in [3.05, 3.63) is 82.3 Å². The summed E-state index contributed by atoms with van der Waals surface area (Å²) in [6.45, 7) is 0. The lowest BCUT2D eigenvalue weighted by atomic mass is 10.1. The molecule has 3 aromatic carbocycles. The van der Waals surface area contributed by atoms with Crippen LogP contribution in [0, 0.1) is 0 Å². The van der Waals surface area contributed by atoms with Crippen molar-refractivity contribution in [2.75, 3.05) is 24.9 Å². The van der Waals surface area contributed by atoms with Crippen molar-refractivity contribution in [1.29, 1.82) is 0 Å². The fourth-order valence-electron chi connectivity index (χ4n) is 2.62. The molecule has 0 spiro atoms. The number of hydrogen-bond donors (Lipinski definition) is 2. The molecule has 0 heterocycles. The number of benzene rings is 3. The molecule has 0 aliphatic heterocycles. The second-order valence-electron chi connectivity index (χ2n) is 6.06. The van der Waals surface area contributed by atoms with Gasteiger partial charge in [0.2, 0.25) is 0 Å². The molecule has 0 atom stereocenters.